The minimum Gasteiger partial charge on any atom is -0.484 e. The largest absolute Gasteiger partial charge is 0.484 e. The Morgan fingerprint density at radius 3 is 2.82 bits per heavy atom. The lowest BCUT2D eigenvalue weighted by Crippen LogP contribution is -2.41. The van der Waals surface area contributed by atoms with Gasteiger partial charge in [0, 0.05) is 19.6 Å². The highest BCUT2D eigenvalue weighted by atomic mass is 127. The van der Waals surface area contributed by atoms with Crippen LogP contribution in [0.1, 0.15) is 12.0 Å². The second-order valence-electron chi connectivity index (χ2n) is 4.74. The molecule has 2 rings (SSSR count). The molecule has 0 saturated carbocycles. The monoisotopic (exact) mass is 429 g/mol. The van der Waals surface area contributed by atoms with Gasteiger partial charge < -0.3 is 15.4 Å². The van der Waals surface area contributed by atoms with Gasteiger partial charge in [-0.25, -0.2) is 0 Å². The Balaban J connectivity index is 0.00000242. The van der Waals surface area contributed by atoms with Crippen LogP contribution in [0.5, 0.6) is 5.75 Å². The van der Waals surface area contributed by atoms with Crippen LogP contribution < -0.4 is 15.4 Å². The maximum Gasteiger partial charge on any atom is 0.422 e. The molecule has 0 atom stereocenters. The zero-order valence-corrected chi connectivity index (χ0v) is 14.3. The normalized spacial score (nSPS) is 14.4. The van der Waals surface area contributed by atoms with Crippen molar-refractivity contribution in [1.29, 1.82) is 0 Å². The molecule has 0 radical (unpaired) electrons. The van der Waals surface area contributed by atoms with Crippen LogP contribution in [0.4, 0.5) is 13.2 Å². The summed E-state index contributed by atoms with van der Waals surface area (Å²) in [5.74, 6) is 1.02. The van der Waals surface area contributed by atoms with Crippen LogP contribution in [0.2, 0.25) is 0 Å². The summed E-state index contributed by atoms with van der Waals surface area (Å²) in [5.41, 5.74) is 0.915. The number of benzene rings is 1. The van der Waals surface area contributed by atoms with E-state index in [1.54, 1.807) is 12.1 Å². The summed E-state index contributed by atoms with van der Waals surface area (Å²) < 4.78 is 41.0. The van der Waals surface area contributed by atoms with Crippen LogP contribution in [0.3, 0.4) is 0 Å². The molecule has 1 aromatic carbocycles. The molecule has 22 heavy (non-hydrogen) atoms. The number of hydrogen-bond donors (Lipinski definition) is 2. The van der Waals surface area contributed by atoms with Crippen LogP contribution in [0.15, 0.2) is 29.3 Å². The smallest absolute Gasteiger partial charge is 0.422 e. The van der Waals surface area contributed by atoms with Gasteiger partial charge in [-0.1, -0.05) is 12.1 Å². The first-order chi connectivity index (χ1) is 10.0. The Labute approximate surface area is 144 Å². The molecular weight excluding hydrogens is 410 g/mol. The van der Waals surface area contributed by atoms with Crippen molar-refractivity contribution in [3.05, 3.63) is 29.8 Å². The fourth-order valence-electron chi connectivity index (χ4n) is 1.93. The Morgan fingerprint density at radius 1 is 1.32 bits per heavy atom. The summed E-state index contributed by atoms with van der Waals surface area (Å²) in [7, 11) is 0. The van der Waals surface area contributed by atoms with Gasteiger partial charge in [-0.05, 0) is 30.5 Å². The van der Waals surface area contributed by atoms with Gasteiger partial charge in [0.25, 0.3) is 0 Å². The first-order valence-corrected chi connectivity index (χ1v) is 6.84. The van der Waals surface area contributed by atoms with E-state index >= 15 is 0 Å². The summed E-state index contributed by atoms with van der Waals surface area (Å²) in [6, 6.07) is 6.70. The average molecular weight is 429 g/mol. The van der Waals surface area contributed by atoms with Gasteiger partial charge in [0.1, 0.15) is 5.75 Å². The predicted molar refractivity (Wildman–Crippen MR) is 90.0 cm³/mol. The minimum atomic E-state index is -4.32. The van der Waals surface area contributed by atoms with Crippen molar-refractivity contribution in [2.75, 3.05) is 26.2 Å². The summed E-state index contributed by atoms with van der Waals surface area (Å²) >= 11 is 0. The number of guanidine groups is 1. The number of nitrogens with zero attached hydrogens (tertiary/aromatic N) is 1. The lowest BCUT2D eigenvalue weighted by molar-refractivity contribution is -0.153. The van der Waals surface area contributed by atoms with Crippen LogP contribution >= 0.6 is 24.0 Å². The molecule has 0 unspecified atom stereocenters. The molecule has 4 nitrogen and oxygen atoms in total. The van der Waals surface area contributed by atoms with Gasteiger partial charge in [-0.2, -0.15) is 13.2 Å². The van der Waals surface area contributed by atoms with Gasteiger partial charge >= 0.3 is 6.18 Å². The lowest BCUT2D eigenvalue weighted by atomic mass is 10.1. The Morgan fingerprint density at radius 2 is 2.14 bits per heavy atom. The van der Waals surface area contributed by atoms with E-state index < -0.39 is 12.8 Å². The molecule has 0 fully saturated rings. The van der Waals surface area contributed by atoms with E-state index in [0.717, 1.165) is 31.0 Å². The van der Waals surface area contributed by atoms with Crippen molar-refractivity contribution < 1.29 is 17.9 Å². The van der Waals surface area contributed by atoms with Gasteiger partial charge in [-0.3, -0.25) is 4.99 Å². The molecule has 1 aromatic rings. The molecular formula is C14H19F3IN3O. The fourth-order valence-corrected chi connectivity index (χ4v) is 1.93. The molecule has 1 heterocycles. The van der Waals surface area contributed by atoms with E-state index in [2.05, 4.69) is 15.6 Å². The maximum absolute atomic E-state index is 12.1. The van der Waals surface area contributed by atoms with E-state index in [1.165, 1.54) is 6.07 Å². The molecule has 0 spiro atoms. The number of nitrogens with one attached hydrogen (secondary N) is 2. The van der Waals surface area contributed by atoms with E-state index in [1.807, 2.05) is 6.07 Å². The predicted octanol–water partition coefficient (Wildman–Crippen LogP) is 2.73. The molecule has 0 bridgehead atoms. The van der Waals surface area contributed by atoms with E-state index in [9.17, 15) is 13.2 Å². The molecule has 0 aliphatic carbocycles. The highest BCUT2D eigenvalue weighted by Gasteiger charge is 2.28. The SMILES string of the molecule is FC(F)(F)COc1cccc(CCNC2=NCCCN2)c1.I. The highest BCUT2D eigenvalue weighted by molar-refractivity contribution is 14.0. The quantitative estimate of drug-likeness (QED) is 0.708. The molecule has 2 N–H and O–H groups in total. The van der Waals surface area contributed by atoms with Gasteiger partial charge in [-0.15, -0.1) is 24.0 Å². The van der Waals surface area contributed by atoms with Crippen molar-refractivity contribution in [3.63, 3.8) is 0 Å². The molecule has 0 amide bonds. The number of aliphatic imine (C=N–C) groups is 1. The average Bonchev–Trinajstić information content (AvgIpc) is 2.46. The number of halogens is 4. The molecule has 0 aromatic heterocycles. The molecule has 0 saturated heterocycles. The standard InChI is InChI=1S/C14H18F3N3O.HI/c15-14(16,17)10-21-12-4-1-3-11(9-12)5-8-20-13-18-6-2-7-19-13;/h1,3-4,9H,2,5-8,10H2,(H2,18,19,20);1H. The Kier molecular flexibility index (Phi) is 7.77. The first kappa shape index (κ1) is 18.9. The van der Waals surface area contributed by atoms with E-state index in [4.69, 9.17) is 4.74 Å². The van der Waals surface area contributed by atoms with Crippen LogP contribution in [-0.4, -0.2) is 38.4 Å². The number of ether oxygens (including phenoxy) is 1. The van der Waals surface area contributed by atoms with Gasteiger partial charge in [0.2, 0.25) is 0 Å². The summed E-state index contributed by atoms with van der Waals surface area (Å²) in [5, 5.41) is 6.31. The van der Waals surface area contributed by atoms with Crippen molar-refractivity contribution >= 4 is 29.9 Å². The molecule has 124 valence electrons. The van der Waals surface area contributed by atoms with E-state index in [0.29, 0.717) is 13.0 Å². The lowest BCUT2D eigenvalue weighted by Gasteiger charge is -2.16. The summed E-state index contributed by atoms with van der Waals surface area (Å²) in [6.45, 7) is 1.12. The molecule has 8 heteroatoms. The van der Waals surface area contributed by atoms with Gasteiger partial charge in [0.05, 0.1) is 0 Å². The minimum absolute atomic E-state index is 0. The maximum atomic E-state index is 12.1. The fraction of sp³-hybridized carbons (Fsp3) is 0.500. The third-order valence-electron chi connectivity index (χ3n) is 2.90. The topological polar surface area (TPSA) is 45.6 Å². The number of hydrogen-bond acceptors (Lipinski definition) is 4. The Bertz CT molecular complexity index is 494. The molecule has 1 aliphatic heterocycles. The zero-order valence-electron chi connectivity index (χ0n) is 11.9. The summed E-state index contributed by atoms with van der Waals surface area (Å²) in [6.07, 6.45) is -2.60. The Hall–Kier alpha value is -1.19. The van der Waals surface area contributed by atoms with Crippen molar-refractivity contribution in [1.82, 2.24) is 10.6 Å². The van der Waals surface area contributed by atoms with Crippen molar-refractivity contribution in [2.24, 2.45) is 4.99 Å². The van der Waals surface area contributed by atoms with E-state index in [-0.39, 0.29) is 29.7 Å². The summed E-state index contributed by atoms with van der Waals surface area (Å²) in [4.78, 5) is 4.28. The van der Waals surface area contributed by atoms with Crippen LogP contribution in [0, 0.1) is 0 Å². The number of alkyl halides is 3. The molecule has 1 aliphatic rings. The van der Waals surface area contributed by atoms with Crippen LogP contribution in [-0.2, 0) is 6.42 Å². The first-order valence-electron chi connectivity index (χ1n) is 6.84. The van der Waals surface area contributed by atoms with Crippen LogP contribution in [0.25, 0.3) is 0 Å². The zero-order chi connectivity index (χ0) is 15.1. The second-order valence-corrected chi connectivity index (χ2v) is 4.74. The third kappa shape index (κ3) is 7.19. The second kappa shape index (κ2) is 9.06. The van der Waals surface area contributed by atoms with Gasteiger partial charge in [0.15, 0.2) is 12.6 Å². The number of rotatable bonds is 5. The van der Waals surface area contributed by atoms with Crippen molar-refractivity contribution in [2.45, 2.75) is 19.0 Å². The van der Waals surface area contributed by atoms with Crippen molar-refractivity contribution in [3.8, 4) is 5.75 Å². The highest BCUT2D eigenvalue weighted by Crippen LogP contribution is 2.19. The third-order valence-corrected chi connectivity index (χ3v) is 2.90.